The monoisotopic (exact) mass is 741 g/mol. The molecule has 2 fully saturated rings. The van der Waals surface area contributed by atoms with E-state index in [9.17, 15) is 46.3 Å². The number of nitrogens with zero attached hydrogens (tertiary/aromatic N) is 6. The van der Waals surface area contributed by atoms with Crippen LogP contribution in [0.25, 0.3) is 0 Å². The number of benzene rings is 2. The topological polar surface area (TPSA) is 178 Å². The summed E-state index contributed by atoms with van der Waals surface area (Å²) in [6, 6.07) is 12.6. The Morgan fingerprint density at radius 3 is 2.27 bits per heavy atom. The summed E-state index contributed by atoms with van der Waals surface area (Å²) in [4.78, 5) is 37.8. The Bertz CT molecular complexity index is 2040. The van der Waals surface area contributed by atoms with Gasteiger partial charge in [-0.25, -0.2) is 8.42 Å². The molecule has 2 N–H and O–H groups in total. The van der Waals surface area contributed by atoms with Crippen molar-refractivity contribution in [1.29, 1.82) is 5.26 Å². The molecule has 0 unspecified atom stereocenters. The van der Waals surface area contributed by atoms with Gasteiger partial charge < -0.3 is 15.3 Å². The predicted molar refractivity (Wildman–Crippen MR) is 185 cm³/mol. The Morgan fingerprint density at radius 1 is 1.02 bits per heavy atom. The van der Waals surface area contributed by atoms with Gasteiger partial charge in [0.05, 0.1) is 16.3 Å². The maximum Gasteiger partial charge on any atom is 0.420 e. The van der Waals surface area contributed by atoms with Crippen LogP contribution in [0.15, 0.2) is 68.4 Å². The van der Waals surface area contributed by atoms with Crippen molar-refractivity contribution in [2.24, 2.45) is 16.1 Å². The number of aromatic nitrogens is 1. The van der Waals surface area contributed by atoms with E-state index in [0.717, 1.165) is 32.1 Å². The average molecular weight is 742 g/mol. The third-order valence-electron chi connectivity index (χ3n) is 9.10. The minimum absolute atomic E-state index is 0.0752. The quantitative estimate of drug-likeness (QED) is 0.196. The molecular weight excluding hydrogens is 703 g/mol. The van der Waals surface area contributed by atoms with Gasteiger partial charge in [0.2, 0.25) is 17.7 Å². The number of hydrogen-bond acceptors (Lipinski definition) is 9. The SMILES string of the molecule is CC(=O)Nc1ccc(N(CC2CCCCC2)S(=O)(=O)c2ccc(/N=N/c3c(C(F)(F)F)c(C#N)c(=O)n(CCCN4CCCC4=O)c3O)cc2)cc1. The lowest BCUT2D eigenvalue weighted by Gasteiger charge is -2.31. The molecule has 0 radical (unpaired) electrons. The van der Waals surface area contributed by atoms with Crippen molar-refractivity contribution >= 4 is 44.6 Å². The molecule has 0 spiro atoms. The molecule has 5 rings (SSSR count). The number of alkyl halides is 3. The van der Waals surface area contributed by atoms with Gasteiger partial charge in [0, 0.05) is 45.2 Å². The van der Waals surface area contributed by atoms with Crippen molar-refractivity contribution in [3.05, 3.63) is 70.0 Å². The summed E-state index contributed by atoms with van der Waals surface area (Å²) < 4.78 is 72.6. The van der Waals surface area contributed by atoms with Crippen LogP contribution in [-0.2, 0) is 32.3 Å². The standard InChI is InChI=1S/C35H38F3N7O6S/c1-23(46)40-25-10-14-27(15-11-25)45(22-24-7-3-2-4-8-24)52(50,51)28-16-12-26(13-17-28)41-42-32-31(35(36,37)38)29(21-39)33(48)44(34(32)49)20-6-19-43-18-5-9-30(43)47/h10-17,24,49H,2-9,18-20,22H2,1H3,(H,40,46)/b42-41+. The predicted octanol–water partition coefficient (Wildman–Crippen LogP) is 6.61. The molecule has 1 aliphatic carbocycles. The minimum Gasteiger partial charge on any atom is -0.493 e. The molecule has 52 heavy (non-hydrogen) atoms. The second-order valence-electron chi connectivity index (χ2n) is 12.8. The van der Waals surface area contributed by atoms with Gasteiger partial charge in [0.1, 0.15) is 17.2 Å². The van der Waals surface area contributed by atoms with Crippen molar-refractivity contribution in [1.82, 2.24) is 9.47 Å². The molecule has 0 bridgehead atoms. The van der Waals surface area contributed by atoms with Gasteiger partial charge in [0.25, 0.3) is 15.6 Å². The molecule has 13 nitrogen and oxygen atoms in total. The highest BCUT2D eigenvalue weighted by molar-refractivity contribution is 7.92. The number of halogens is 3. The molecular formula is C35H38F3N7O6S. The van der Waals surface area contributed by atoms with Crippen LogP contribution in [0.3, 0.4) is 0 Å². The highest BCUT2D eigenvalue weighted by Crippen LogP contribution is 2.43. The molecule has 17 heteroatoms. The van der Waals surface area contributed by atoms with Gasteiger partial charge in [-0.05, 0) is 80.1 Å². The number of carbonyl (C=O) groups excluding carboxylic acids is 2. The molecule has 276 valence electrons. The number of carbonyl (C=O) groups is 2. The Hall–Kier alpha value is -5.24. The zero-order valence-electron chi connectivity index (χ0n) is 28.4. The number of likely N-dealkylation sites (tertiary alicyclic amines) is 1. The minimum atomic E-state index is -5.27. The number of amides is 2. The largest absolute Gasteiger partial charge is 0.493 e. The van der Waals surface area contributed by atoms with Crippen LogP contribution in [0, 0.1) is 17.2 Å². The normalized spacial score (nSPS) is 15.6. The molecule has 0 atom stereocenters. The number of nitriles is 1. The van der Waals surface area contributed by atoms with E-state index in [1.165, 1.54) is 41.6 Å². The fourth-order valence-electron chi connectivity index (χ4n) is 6.52. The molecule has 2 aromatic carbocycles. The van der Waals surface area contributed by atoms with E-state index in [1.54, 1.807) is 29.2 Å². The zero-order valence-corrected chi connectivity index (χ0v) is 29.2. The Labute approximate surface area is 298 Å². The summed E-state index contributed by atoms with van der Waals surface area (Å²) in [5.41, 5.74) is -4.75. The first kappa shape index (κ1) is 38.0. The van der Waals surface area contributed by atoms with Crippen LogP contribution < -0.4 is 15.2 Å². The van der Waals surface area contributed by atoms with Gasteiger partial charge in [-0.15, -0.1) is 5.11 Å². The lowest BCUT2D eigenvalue weighted by atomic mass is 9.89. The molecule has 2 heterocycles. The lowest BCUT2D eigenvalue weighted by molar-refractivity contribution is -0.137. The summed E-state index contributed by atoms with van der Waals surface area (Å²) in [7, 11) is -4.16. The summed E-state index contributed by atoms with van der Waals surface area (Å²) in [6.07, 6.45) is 0.644. The first-order chi connectivity index (χ1) is 24.7. The molecule has 1 aliphatic heterocycles. The van der Waals surface area contributed by atoms with Crippen LogP contribution in [0.5, 0.6) is 5.88 Å². The van der Waals surface area contributed by atoms with E-state index in [2.05, 4.69) is 15.5 Å². The second kappa shape index (κ2) is 16.0. The van der Waals surface area contributed by atoms with Crippen molar-refractivity contribution in [2.45, 2.75) is 75.9 Å². The Morgan fingerprint density at radius 2 is 1.69 bits per heavy atom. The molecule has 1 saturated heterocycles. The lowest BCUT2D eigenvalue weighted by Crippen LogP contribution is -2.36. The fourth-order valence-corrected chi connectivity index (χ4v) is 8.06. The number of anilines is 2. The van der Waals surface area contributed by atoms with E-state index in [-0.39, 0.29) is 54.4 Å². The van der Waals surface area contributed by atoms with Crippen molar-refractivity contribution in [2.75, 3.05) is 29.3 Å². The third-order valence-corrected chi connectivity index (χ3v) is 10.9. The molecule has 1 saturated carbocycles. The number of aromatic hydroxyl groups is 1. The smallest absolute Gasteiger partial charge is 0.420 e. The van der Waals surface area contributed by atoms with Gasteiger partial charge in [-0.3, -0.25) is 23.3 Å². The van der Waals surface area contributed by atoms with Gasteiger partial charge >= 0.3 is 6.18 Å². The molecule has 2 aliphatic rings. The third kappa shape index (κ3) is 8.61. The highest BCUT2D eigenvalue weighted by atomic mass is 32.2. The van der Waals surface area contributed by atoms with E-state index >= 15 is 0 Å². The van der Waals surface area contributed by atoms with E-state index in [4.69, 9.17) is 0 Å². The summed E-state index contributed by atoms with van der Waals surface area (Å²) in [6.45, 7) is 1.97. The number of hydrogen-bond donors (Lipinski definition) is 2. The number of rotatable bonds is 12. The molecule has 3 aromatic rings. The second-order valence-corrected chi connectivity index (χ2v) is 14.7. The van der Waals surface area contributed by atoms with Crippen molar-refractivity contribution in [3.63, 3.8) is 0 Å². The van der Waals surface area contributed by atoms with Crippen LogP contribution in [-0.4, -0.2) is 54.4 Å². The maximum atomic E-state index is 14.2. The fraction of sp³-hybridized carbons (Fsp3) is 0.429. The van der Waals surface area contributed by atoms with E-state index in [1.807, 2.05) is 0 Å². The number of sulfonamides is 1. The van der Waals surface area contributed by atoms with Crippen LogP contribution in [0.1, 0.15) is 69.4 Å². The average Bonchev–Trinajstić information content (AvgIpc) is 3.52. The number of nitrogens with one attached hydrogen (secondary N) is 1. The van der Waals surface area contributed by atoms with E-state index in [0.29, 0.717) is 35.3 Å². The van der Waals surface area contributed by atoms with Crippen molar-refractivity contribution in [3.8, 4) is 11.9 Å². The van der Waals surface area contributed by atoms with Gasteiger partial charge in [-0.1, -0.05) is 19.3 Å². The van der Waals surface area contributed by atoms with Crippen molar-refractivity contribution < 1.29 is 36.3 Å². The van der Waals surface area contributed by atoms with Gasteiger partial charge in [-0.2, -0.15) is 23.5 Å². The Balaban J connectivity index is 1.45. The Kier molecular flexibility index (Phi) is 11.7. The summed E-state index contributed by atoms with van der Waals surface area (Å²) in [5, 5.41) is 30.5. The maximum absolute atomic E-state index is 14.2. The van der Waals surface area contributed by atoms with Crippen LogP contribution in [0.4, 0.5) is 35.9 Å². The zero-order chi connectivity index (χ0) is 37.6. The summed E-state index contributed by atoms with van der Waals surface area (Å²) in [5.74, 6) is -1.41. The van der Waals surface area contributed by atoms with E-state index < -0.39 is 44.5 Å². The molecule has 2 amide bonds. The first-order valence-electron chi connectivity index (χ1n) is 16.9. The number of azo groups is 1. The van der Waals surface area contributed by atoms with Gasteiger partial charge in [0.15, 0.2) is 5.69 Å². The number of pyridine rings is 1. The van der Waals surface area contributed by atoms with Crippen LogP contribution in [0.2, 0.25) is 0 Å². The van der Waals surface area contributed by atoms with Crippen LogP contribution >= 0.6 is 0 Å². The summed E-state index contributed by atoms with van der Waals surface area (Å²) >= 11 is 0. The first-order valence-corrected chi connectivity index (χ1v) is 18.3. The highest BCUT2D eigenvalue weighted by Gasteiger charge is 2.41. The molecule has 1 aromatic heterocycles.